The SMILES string of the molecule is OC1(c2ccc(CCN3CCCC3)cc2)CCC2CNCC21. The highest BCUT2D eigenvalue weighted by Gasteiger charge is 2.50. The van der Waals surface area contributed by atoms with E-state index < -0.39 is 5.60 Å². The second-order valence-corrected chi connectivity index (χ2v) is 7.48. The first-order valence-electron chi connectivity index (χ1n) is 9.00. The van der Waals surface area contributed by atoms with E-state index in [2.05, 4.69) is 34.5 Å². The van der Waals surface area contributed by atoms with Crippen LogP contribution in [0.1, 0.15) is 36.8 Å². The van der Waals surface area contributed by atoms with Crippen molar-refractivity contribution in [2.24, 2.45) is 11.8 Å². The normalized spacial score (nSPS) is 35.1. The zero-order valence-electron chi connectivity index (χ0n) is 13.4. The summed E-state index contributed by atoms with van der Waals surface area (Å²) in [6.07, 6.45) is 5.94. The minimum absolute atomic E-state index is 0.406. The number of aliphatic hydroxyl groups is 1. The molecule has 1 saturated carbocycles. The molecule has 0 spiro atoms. The molecule has 2 aliphatic heterocycles. The van der Waals surface area contributed by atoms with E-state index in [9.17, 15) is 5.11 Å². The molecule has 0 bridgehead atoms. The highest BCUT2D eigenvalue weighted by atomic mass is 16.3. The molecule has 3 fully saturated rings. The van der Waals surface area contributed by atoms with Crippen molar-refractivity contribution in [1.29, 1.82) is 0 Å². The molecule has 3 nitrogen and oxygen atoms in total. The Morgan fingerprint density at radius 1 is 1.14 bits per heavy atom. The van der Waals surface area contributed by atoms with Crippen LogP contribution in [0, 0.1) is 11.8 Å². The number of nitrogens with one attached hydrogen (secondary N) is 1. The Kier molecular flexibility index (Phi) is 3.97. The second kappa shape index (κ2) is 5.95. The Labute approximate surface area is 133 Å². The van der Waals surface area contributed by atoms with E-state index in [0.29, 0.717) is 11.8 Å². The standard InChI is InChI=1S/C19H28N2O/c22-19(9-7-16-13-20-14-18(16)19)17-5-3-15(4-6-17)8-12-21-10-1-2-11-21/h3-6,16,18,20,22H,1-2,7-14H2. The first-order valence-corrected chi connectivity index (χ1v) is 9.00. The van der Waals surface area contributed by atoms with Gasteiger partial charge in [0.1, 0.15) is 0 Å². The molecule has 2 saturated heterocycles. The molecule has 0 radical (unpaired) electrons. The highest BCUT2D eigenvalue weighted by molar-refractivity contribution is 5.30. The summed E-state index contributed by atoms with van der Waals surface area (Å²) in [6, 6.07) is 8.83. The Morgan fingerprint density at radius 3 is 2.68 bits per heavy atom. The molecule has 3 heteroatoms. The first kappa shape index (κ1) is 14.7. The van der Waals surface area contributed by atoms with Crippen LogP contribution in [0.2, 0.25) is 0 Å². The van der Waals surface area contributed by atoms with E-state index in [4.69, 9.17) is 0 Å². The number of hydrogen-bond donors (Lipinski definition) is 2. The van der Waals surface area contributed by atoms with E-state index in [1.807, 2.05) is 0 Å². The van der Waals surface area contributed by atoms with E-state index >= 15 is 0 Å². The van der Waals surface area contributed by atoms with Gasteiger partial charge >= 0.3 is 0 Å². The van der Waals surface area contributed by atoms with Gasteiger partial charge in [0.15, 0.2) is 0 Å². The van der Waals surface area contributed by atoms with Gasteiger partial charge < -0.3 is 15.3 Å². The summed E-state index contributed by atoms with van der Waals surface area (Å²) >= 11 is 0. The van der Waals surface area contributed by atoms with Crippen molar-refractivity contribution >= 4 is 0 Å². The number of hydrogen-bond acceptors (Lipinski definition) is 3. The average Bonchev–Trinajstić information content (AvgIpc) is 3.26. The van der Waals surface area contributed by atoms with Crippen LogP contribution in [0.25, 0.3) is 0 Å². The molecule has 1 aromatic rings. The van der Waals surface area contributed by atoms with Crippen molar-refractivity contribution in [3.8, 4) is 0 Å². The molecule has 3 atom stereocenters. The maximum absolute atomic E-state index is 11.2. The molecule has 2 heterocycles. The van der Waals surface area contributed by atoms with E-state index in [1.54, 1.807) is 0 Å². The van der Waals surface area contributed by atoms with Crippen LogP contribution in [0.4, 0.5) is 0 Å². The number of rotatable bonds is 4. The van der Waals surface area contributed by atoms with Crippen molar-refractivity contribution in [2.45, 2.75) is 37.7 Å². The predicted molar refractivity (Wildman–Crippen MR) is 88.8 cm³/mol. The monoisotopic (exact) mass is 300 g/mol. The van der Waals surface area contributed by atoms with Crippen LogP contribution in [0.15, 0.2) is 24.3 Å². The number of likely N-dealkylation sites (tertiary alicyclic amines) is 1. The van der Waals surface area contributed by atoms with Crippen molar-refractivity contribution in [3.63, 3.8) is 0 Å². The second-order valence-electron chi connectivity index (χ2n) is 7.48. The first-order chi connectivity index (χ1) is 10.8. The van der Waals surface area contributed by atoms with Crippen LogP contribution < -0.4 is 5.32 Å². The van der Waals surface area contributed by atoms with Gasteiger partial charge in [-0.2, -0.15) is 0 Å². The van der Waals surface area contributed by atoms with Crippen LogP contribution in [0.3, 0.4) is 0 Å². The third-order valence-corrected chi connectivity index (χ3v) is 6.22. The molecule has 3 aliphatic rings. The molecular weight excluding hydrogens is 272 g/mol. The fourth-order valence-corrected chi connectivity index (χ4v) is 4.80. The molecule has 120 valence electrons. The Hall–Kier alpha value is -0.900. The highest BCUT2D eigenvalue weighted by Crippen LogP contribution is 2.48. The van der Waals surface area contributed by atoms with Gasteiger partial charge in [0.05, 0.1) is 5.60 Å². The summed E-state index contributed by atoms with van der Waals surface area (Å²) < 4.78 is 0. The summed E-state index contributed by atoms with van der Waals surface area (Å²) in [6.45, 7) is 5.78. The van der Waals surface area contributed by atoms with Crippen LogP contribution >= 0.6 is 0 Å². The lowest BCUT2D eigenvalue weighted by molar-refractivity contribution is -0.00191. The molecule has 22 heavy (non-hydrogen) atoms. The third-order valence-electron chi connectivity index (χ3n) is 6.22. The van der Waals surface area contributed by atoms with Crippen LogP contribution in [-0.2, 0) is 12.0 Å². The third kappa shape index (κ3) is 2.60. The van der Waals surface area contributed by atoms with E-state index in [0.717, 1.165) is 37.9 Å². The molecule has 0 aromatic heterocycles. The zero-order valence-corrected chi connectivity index (χ0v) is 13.4. The predicted octanol–water partition coefficient (Wildman–Crippen LogP) is 2.14. The molecule has 1 aliphatic carbocycles. The smallest absolute Gasteiger partial charge is 0.0939 e. The molecule has 1 aromatic carbocycles. The Morgan fingerprint density at radius 2 is 1.91 bits per heavy atom. The van der Waals surface area contributed by atoms with E-state index in [-0.39, 0.29) is 0 Å². The van der Waals surface area contributed by atoms with Gasteiger partial charge in [0, 0.05) is 19.0 Å². The number of benzene rings is 1. The van der Waals surface area contributed by atoms with Gasteiger partial charge in [-0.15, -0.1) is 0 Å². The van der Waals surface area contributed by atoms with Crippen LogP contribution in [-0.4, -0.2) is 42.7 Å². The van der Waals surface area contributed by atoms with Gasteiger partial charge in [-0.3, -0.25) is 0 Å². The minimum Gasteiger partial charge on any atom is -0.385 e. The van der Waals surface area contributed by atoms with E-state index in [1.165, 1.54) is 38.0 Å². The lowest BCUT2D eigenvalue weighted by Gasteiger charge is -2.30. The van der Waals surface area contributed by atoms with Crippen molar-refractivity contribution in [3.05, 3.63) is 35.4 Å². The van der Waals surface area contributed by atoms with Gasteiger partial charge in [-0.1, -0.05) is 24.3 Å². The lowest BCUT2D eigenvalue weighted by Crippen LogP contribution is -2.33. The van der Waals surface area contributed by atoms with Gasteiger partial charge in [0.2, 0.25) is 0 Å². The number of nitrogens with zero attached hydrogens (tertiary/aromatic N) is 1. The molecular formula is C19H28N2O. The summed E-state index contributed by atoms with van der Waals surface area (Å²) in [4.78, 5) is 2.56. The molecule has 3 unspecified atom stereocenters. The lowest BCUT2D eigenvalue weighted by atomic mass is 9.82. The summed E-state index contributed by atoms with van der Waals surface area (Å²) in [7, 11) is 0. The largest absolute Gasteiger partial charge is 0.385 e. The van der Waals surface area contributed by atoms with Crippen molar-refractivity contribution in [2.75, 3.05) is 32.7 Å². The summed E-state index contributed by atoms with van der Waals surface area (Å²) in [5.41, 5.74) is 1.94. The average molecular weight is 300 g/mol. The Balaban J connectivity index is 1.42. The Bertz CT molecular complexity index is 509. The van der Waals surface area contributed by atoms with Gasteiger partial charge in [-0.25, -0.2) is 0 Å². The van der Waals surface area contributed by atoms with Crippen molar-refractivity contribution in [1.82, 2.24) is 10.2 Å². The van der Waals surface area contributed by atoms with Gasteiger partial charge in [0.25, 0.3) is 0 Å². The molecule has 4 rings (SSSR count). The zero-order chi connectivity index (χ0) is 15.0. The van der Waals surface area contributed by atoms with Gasteiger partial charge in [-0.05, 0) is 68.8 Å². The summed E-state index contributed by atoms with van der Waals surface area (Å²) in [5.74, 6) is 1.07. The van der Waals surface area contributed by atoms with Crippen LogP contribution in [0.5, 0.6) is 0 Å². The fraction of sp³-hybridized carbons (Fsp3) is 0.684. The van der Waals surface area contributed by atoms with Crippen molar-refractivity contribution < 1.29 is 5.11 Å². The summed E-state index contributed by atoms with van der Waals surface area (Å²) in [5, 5.41) is 14.6. The fourth-order valence-electron chi connectivity index (χ4n) is 4.80. The molecule has 2 N–H and O–H groups in total. The molecule has 0 amide bonds. The topological polar surface area (TPSA) is 35.5 Å². The maximum atomic E-state index is 11.2. The maximum Gasteiger partial charge on any atom is 0.0939 e. The quantitative estimate of drug-likeness (QED) is 0.894. The minimum atomic E-state index is -0.596. The number of fused-ring (bicyclic) bond motifs is 1.